The number of aromatic nitrogens is 2. The molecule has 0 aliphatic heterocycles. The zero-order chi connectivity index (χ0) is 15.2. The summed E-state index contributed by atoms with van der Waals surface area (Å²) in [5.41, 5.74) is 1.11. The van der Waals surface area contributed by atoms with Gasteiger partial charge in [0.2, 0.25) is 0 Å². The van der Waals surface area contributed by atoms with Crippen LogP contribution in [0.1, 0.15) is 50.9 Å². The number of ether oxygens (including phenoxy) is 1. The first-order valence-electron chi connectivity index (χ1n) is 8.08. The molecule has 1 aromatic rings. The second-order valence-electron chi connectivity index (χ2n) is 5.75. The van der Waals surface area contributed by atoms with Crippen molar-refractivity contribution in [1.29, 1.82) is 0 Å². The van der Waals surface area contributed by atoms with E-state index in [1.165, 1.54) is 0 Å². The van der Waals surface area contributed by atoms with Crippen LogP contribution in [0.2, 0.25) is 0 Å². The predicted octanol–water partition coefficient (Wildman–Crippen LogP) is 3.15. The first-order valence-corrected chi connectivity index (χ1v) is 8.08. The maximum Gasteiger partial charge on any atom is 0.134 e. The van der Waals surface area contributed by atoms with Crippen molar-refractivity contribution in [2.75, 3.05) is 24.3 Å². The Labute approximate surface area is 127 Å². The molecule has 0 radical (unpaired) electrons. The lowest BCUT2D eigenvalue weighted by atomic mass is 10.2. The summed E-state index contributed by atoms with van der Waals surface area (Å²) in [7, 11) is 1.80. The third kappa shape index (κ3) is 4.06. The molecular formula is C16H28N4O. The molecular weight excluding hydrogens is 264 g/mol. The van der Waals surface area contributed by atoms with Crippen LogP contribution in [0.25, 0.3) is 0 Å². The van der Waals surface area contributed by atoms with Gasteiger partial charge >= 0.3 is 0 Å². The average molecular weight is 292 g/mol. The molecule has 0 amide bonds. The zero-order valence-corrected chi connectivity index (χ0v) is 13.7. The number of nitrogens with one attached hydrogen (secondary N) is 2. The molecule has 1 fully saturated rings. The lowest BCUT2D eigenvalue weighted by Crippen LogP contribution is -2.20. The fourth-order valence-electron chi connectivity index (χ4n) is 2.76. The maximum atomic E-state index is 5.45. The molecule has 2 unspecified atom stereocenters. The maximum absolute atomic E-state index is 5.45. The van der Waals surface area contributed by atoms with E-state index in [0.29, 0.717) is 12.1 Å². The number of nitrogens with zero attached hydrogens (tertiary/aromatic N) is 2. The molecule has 2 rings (SSSR count). The standard InChI is InChI=1S/C16H28N4O/c1-5-9-17-15-11(3)16(20-14(6-2)19-15)18-12-7-8-13(10-12)21-4/h12-13H,5-10H2,1-4H3,(H2,17,18,19,20). The molecule has 1 saturated carbocycles. The van der Waals surface area contributed by atoms with Gasteiger partial charge in [-0.2, -0.15) is 0 Å². The Morgan fingerprint density at radius 1 is 1.19 bits per heavy atom. The third-order valence-corrected chi connectivity index (χ3v) is 4.11. The summed E-state index contributed by atoms with van der Waals surface area (Å²) in [6.07, 6.45) is 5.64. The van der Waals surface area contributed by atoms with E-state index in [4.69, 9.17) is 4.74 Å². The number of hydrogen-bond donors (Lipinski definition) is 2. The van der Waals surface area contributed by atoms with Crippen LogP contribution >= 0.6 is 0 Å². The second-order valence-corrected chi connectivity index (χ2v) is 5.75. The van der Waals surface area contributed by atoms with Crippen LogP contribution in [0.4, 0.5) is 11.6 Å². The molecule has 0 bridgehead atoms. The highest BCUT2D eigenvalue weighted by atomic mass is 16.5. The molecule has 2 N–H and O–H groups in total. The third-order valence-electron chi connectivity index (χ3n) is 4.11. The smallest absolute Gasteiger partial charge is 0.134 e. The monoisotopic (exact) mass is 292 g/mol. The Balaban J connectivity index is 2.13. The van der Waals surface area contributed by atoms with Crippen molar-refractivity contribution in [3.63, 3.8) is 0 Å². The van der Waals surface area contributed by atoms with E-state index in [1.54, 1.807) is 7.11 Å². The van der Waals surface area contributed by atoms with E-state index in [2.05, 4.69) is 41.4 Å². The highest BCUT2D eigenvalue weighted by molar-refractivity contribution is 5.57. The van der Waals surface area contributed by atoms with Gasteiger partial charge in [0.25, 0.3) is 0 Å². The van der Waals surface area contributed by atoms with Crippen LogP contribution < -0.4 is 10.6 Å². The van der Waals surface area contributed by atoms with Gasteiger partial charge in [-0.25, -0.2) is 9.97 Å². The second kappa shape index (κ2) is 7.59. The minimum Gasteiger partial charge on any atom is -0.381 e. The molecule has 0 saturated heterocycles. The fourth-order valence-corrected chi connectivity index (χ4v) is 2.76. The first kappa shape index (κ1) is 16.0. The molecule has 5 nitrogen and oxygen atoms in total. The topological polar surface area (TPSA) is 59.1 Å². The van der Waals surface area contributed by atoms with Crippen molar-refractivity contribution in [2.24, 2.45) is 0 Å². The number of anilines is 2. The normalized spacial score (nSPS) is 21.5. The van der Waals surface area contributed by atoms with Crippen LogP contribution in [0.3, 0.4) is 0 Å². The molecule has 118 valence electrons. The lowest BCUT2D eigenvalue weighted by molar-refractivity contribution is 0.108. The first-order chi connectivity index (χ1) is 10.2. The van der Waals surface area contributed by atoms with Crippen LogP contribution in [0.5, 0.6) is 0 Å². The molecule has 2 atom stereocenters. The number of hydrogen-bond acceptors (Lipinski definition) is 5. The van der Waals surface area contributed by atoms with E-state index < -0.39 is 0 Å². The van der Waals surface area contributed by atoms with Crippen molar-refractivity contribution >= 4 is 11.6 Å². The summed E-state index contributed by atoms with van der Waals surface area (Å²) < 4.78 is 5.45. The van der Waals surface area contributed by atoms with Crippen LogP contribution in [-0.2, 0) is 11.2 Å². The lowest BCUT2D eigenvalue weighted by Gasteiger charge is -2.18. The van der Waals surface area contributed by atoms with Gasteiger partial charge in [0.05, 0.1) is 6.10 Å². The minimum atomic E-state index is 0.382. The molecule has 1 aliphatic rings. The molecule has 0 aromatic carbocycles. The van der Waals surface area contributed by atoms with E-state index in [1.807, 2.05) is 0 Å². The Kier molecular flexibility index (Phi) is 5.79. The number of rotatable bonds is 7. The molecule has 5 heteroatoms. The summed E-state index contributed by atoms with van der Waals surface area (Å²) >= 11 is 0. The van der Waals surface area contributed by atoms with Gasteiger partial charge < -0.3 is 15.4 Å². The van der Waals surface area contributed by atoms with Crippen molar-refractivity contribution in [3.05, 3.63) is 11.4 Å². The van der Waals surface area contributed by atoms with Crippen molar-refractivity contribution in [1.82, 2.24) is 9.97 Å². The van der Waals surface area contributed by atoms with E-state index in [0.717, 1.165) is 61.7 Å². The van der Waals surface area contributed by atoms with E-state index in [-0.39, 0.29) is 0 Å². The number of methoxy groups -OCH3 is 1. The summed E-state index contributed by atoms with van der Waals surface area (Å²) in [6.45, 7) is 7.28. The van der Waals surface area contributed by atoms with Gasteiger partial charge in [-0.15, -0.1) is 0 Å². The van der Waals surface area contributed by atoms with Gasteiger partial charge in [0, 0.05) is 31.7 Å². The Hall–Kier alpha value is -1.36. The average Bonchev–Trinajstić information content (AvgIpc) is 2.95. The van der Waals surface area contributed by atoms with Crippen LogP contribution in [0, 0.1) is 6.92 Å². The summed E-state index contributed by atoms with van der Waals surface area (Å²) in [5, 5.41) is 7.00. The van der Waals surface area contributed by atoms with Crippen molar-refractivity contribution < 1.29 is 4.74 Å². The Morgan fingerprint density at radius 3 is 2.57 bits per heavy atom. The van der Waals surface area contributed by atoms with E-state index >= 15 is 0 Å². The molecule has 1 aliphatic carbocycles. The van der Waals surface area contributed by atoms with Gasteiger partial charge in [0.1, 0.15) is 17.5 Å². The fraction of sp³-hybridized carbons (Fsp3) is 0.750. The van der Waals surface area contributed by atoms with Crippen molar-refractivity contribution in [3.8, 4) is 0 Å². The summed E-state index contributed by atoms with van der Waals surface area (Å²) in [5.74, 6) is 2.83. The van der Waals surface area contributed by atoms with Gasteiger partial charge in [-0.05, 0) is 32.6 Å². The molecule has 21 heavy (non-hydrogen) atoms. The highest BCUT2D eigenvalue weighted by Crippen LogP contribution is 2.27. The summed E-state index contributed by atoms with van der Waals surface area (Å²) in [4.78, 5) is 9.28. The zero-order valence-electron chi connectivity index (χ0n) is 13.7. The minimum absolute atomic E-state index is 0.382. The molecule has 1 aromatic heterocycles. The Bertz CT molecular complexity index is 464. The van der Waals surface area contributed by atoms with E-state index in [9.17, 15) is 0 Å². The largest absolute Gasteiger partial charge is 0.381 e. The SMILES string of the molecule is CCCNc1nc(CC)nc(NC2CCC(OC)C2)c1C. The van der Waals surface area contributed by atoms with Gasteiger partial charge in [0.15, 0.2) is 0 Å². The molecule has 1 heterocycles. The van der Waals surface area contributed by atoms with Gasteiger partial charge in [-0.3, -0.25) is 0 Å². The van der Waals surface area contributed by atoms with Crippen molar-refractivity contribution in [2.45, 2.75) is 65.0 Å². The Morgan fingerprint density at radius 2 is 1.95 bits per heavy atom. The number of aryl methyl sites for hydroxylation is 1. The molecule has 0 spiro atoms. The quantitative estimate of drug-likeness (QED) is 0.808. The van der Waals surface area contributed by atoms with Gasteiger partial charge in [-0.1, -0.05) is 13.8 Å². The predicted molar refractivity (Wildman–Crippen MR) is 87.0 cm³/mol. The van der Waals surface area contributed by atoms with Crippen LogP contribution in [0.15, 0.2) is 0 Å². The van der Waals surface area contributed by atoms with Crippen LogP contribution in [-0.4, -0.2) is 35.8 Å². The highest BCUT2D eigenvalue weighted by Gasteiger charge is 2.25. The summed E-state index contributed by atoms with van der Waals surface area (Å²) in [6, 6.07) is 0.451.